The second-order valence-corrected chi connectivity index (χ2v) is 7.03. The Morgan fingerprint density at radius 3 is 2.38 bits per heavy atom. The quantitative estimate of drug-likeness (QED) is 0.826. The highest BCUT2D eigenvalue weighted by Gasteiger charge is 2.16. The van der Waals surface area contributed by atoms with E-state index in [0.717, 1.165) is 11.3 Å². The van der Waals surface area contributed by atoms with E-state index in [4.69, 9.17) is 0 Å². The van der Waals surface area contributed by atoms with Crippen LogP contribution in [-0.4, -0.2) is 23.8 Å². The van der Waals surface area contributed by atoms with Crippen molar-refractivity contribution in [2.75, 3.05) is 12.4 Å². The first-order valence-corrected chi connectivity index (χ1v) is 8.57. The number of aryl methyl sites for hydroxylation is 1. The highest BCUT2D eigenvalue weighted by molar-refractivity contribution is 7.12. The summed E-state index contributed by atoms with van der Waals surface area (Å²) in [7, 11) is 1.81. The lowest BCUT2D eigenvalue weighted by molar-refractivity contribution is -0.126. The number of hydrogen-bond donors (Lipinski definition) is 1. The number of amides is 2. The minimum absolute atomic E-state index is 0.0421. The van der Waals surface area contributed by atoms with E-state index < -0.39 is 0 Å². The zero-order chi connectivity index (χ0) is 17.7. The molecule has 0 saturated carbocycles. The van der Waals surface area contributed by atoms with Crippen molar-refractivity contribution in [3.8, 4) is 0 Å². The van der Waals surface area contributed by atoms with E-state index >= 15 is 0 Å². The molecular weight excluding hydrogens is 320 g/mol. The van der Waals surface area contributed by atoms with E-state index in [-0.39, 0.29) is 17.9 Å². The molecule has 1 aromatic heterocycles. The second-order valence-electron chi connectivity index (χ2n) is 5.71. The van der Waals surface area contributed by atoms with Gasteiger partial charge in [-0.25, -0.2) is 0 Å². The van der Waals surface area contributed by atoms with Gasteiger partial charge in [0, 0.05) is 35.5 Å². The number of carbonyl (C=O) groups excluding carboxylic acids is 2. The van der Waals surface area contributed by atoms with Gasteiger partial charge in [-0.1, -0.05) is 12.1 Å². The molecule has 0 saturated heterocycles. The predicted octanol–water partition coefficient (Wildman–Crippen LogP) is 4.25. The third kappa shape index (κ3) is 4.80. The summed E-state index contributed by atoms with van der Waals surface area (Å²) in [6.45, 7) is 5.56. The van der Waals surface area contributed by atoms with E-state index in [9.17, 15) is 9.59 Å². The smallest absolute Gasteiger partial charge is 0.246 e. The molecule has 0 aliphatic carbocycles. The number of nitrogens with one attached hydrogen (secondary N) is 1. The third-order valence-electron chi connectivity index (χ3n) is 3.75. The Labute approximate surface area is 146 Å². The van der Waals surface area contributed by atoms with Gasteiger partial charge in [-0.05, 0) is 49.8 Å². The van der Waals surface area contributed by atoms with E-state index in [1.165, 1.54) is 16.7 Å². The molecule has 0 fully saturated rings. The maximum absolute atomic E-state index is 12.3. The molecule has 2 aromatic rings. The molecule has 0 bridgehead atoms. The number of hydrogen-bond acceptors (Lipinski definition) is 3. The number of carbonyl (C=O) groups is 2. The van der Waals surface area contributed by atoms with Crippen LogP contribution in [-0.2, 0) is 9.59 Å². The summed E-state index contributed by atoms with van der Waals surface area (Å²) in [6, 6.07) is 11.5. The van der Waals surface area contributed by atoms with Gasteiger partial charge in [-0.3, -0.25) is 9.59 Å². The van der Waals surface area contributed by atoms with E-state index in [2.05, 4.69) is 24.4 Å². The number of anilines is 1. The Balaban J connectivity index is 2.00. The number of likely N-dealkylation sites (N-methyl/N-ethyl adjacent to an activating group) is 1. The summed E-state index contributed by atoms with van der Waals surface area (Å²) in [5.74, 6) is -0.146. The van der Waals surface area contributed by atoms with Crippen LogP contribution in [0, 0.1) is 6.92 Å². The van der Waals surface area contributed by atoms with Gasteiger partial charge < -0.3 is 10.2 Å². The molecule has 1 atom stereocenters. The first-order valence-electron chi connectivity index (χ1n) is 7.75. The Morgan fingerprint density at radius 1 is 1.17 bits per heavy atom. The highest BCUT2D eigenvalue weighted by atomic mass is 32.1. The Hall–Kier alpha value is -2.40. The highest BCUT2D eigenvalue weighted by Crippen LogP contribution is 2.26. The zero-order valence-electron chi connectivity index (χ0n) is 14.4. The van der Waals surface area contributed by atoms with E-state index in [1.54, 1.807) is 28.4 Å². The molecular formula is C19H22N2O2S. The summed E-state index contributed by atoms with van der Waals surface area (Å²) >= 11 is 1.71. The van der Waals surface area contributed by atoms with Gasteiger partial charge in [0.15, 0.2) is 0 Å². The standard InChI is InChI=1S/C19H22N2O2S/c1-13-5-11-18(24-13)14(2)21(4)19(23)12-8-16-6-9-17(10-7-16)20-15(3)22/h5-12,14H,1-4H3,(H,20,22)/b12-8+/t14-/m0/s1. The Morgan fingerprint density at radius 2 is 1.83 bits per heavy atom. The van der Waals surface area contributed by atoms with Crippen LogP contribution in [0.25, 0.3) is 6.08 Å². The van der Waals surface area contributed by atoms with Crippen LogP contribution in [0.15, 0.2) is 42.5 Å². The third-order valence-corrected chi connectivity index (χ3v) is 4.92. The van der Waals surface area contributed by atoms with Crippen molar-refractivity contribution >= 4 is 34.9 Å². The summed E-state index contributed by atoms with van der Waals surface area (Å²) in [5.41, 5.74) is 1.65. The molecule has 0 aliphatic rings. The topological polar surface area (TPSA) is 49.4 Å². The summed E-state index contributed by atoms with van der Waals surface area (Å²) in [5, 5.41) is 2.71. The van der Waals surface area contributed by atoms with Gasteiger partial charge in [0.1, 0.15) is 0 Å². The summed E-state index contributed by atoms with van der Waals surface area (Å²) in [4.78, 5) is 27.5. The van der Waals surface area contributed by atoms with Crippen LogP contribution in [0.2, 0.25) is 0 Å². The van der Waals surface area contributed by atoms with Gasteiger partial charge in [0.2, 0.25) is 11.8 Å². The lowest BCUT2D eigenvalue weighted by Crippen LogP contribution is -2.27. The number of nitrogens with zero attached hydrogens (tertiary/aromatic N) is 1. The second kappa shape index (κ2) is 7.93. The molecule has 0 aliphatic heterocycles. The number of rotatable bonds is 5. The SMILES string of the molecule is CC(=O)Nc1ccc(/C=C/C(=O)N(C)[C@@H](C)c2ccc(C)s2)cc1. The van der Waals surface area contributed by atoms with Gasteiger partial charge in [0.25, 0.3) is 0 Å². The normalized spacial score (nSPS) is 12.2. The summed E-state index contributed by atoms with van der Waals surface area (Å²) in [6.07, 6.45) is 3.35. The maximum atomic E-state index is 12.3. The molecule has 0 radical (unpaired) electrons. The lowest BCUT2D eigenvalue weighted by atomic mass is 10.2. The first kappa shape index (κ1) is 17.9. The molecule has 0 unspecified atom stereocenters. The molecule has 126 valence electrons. The van der Waals surface area contributed by atoms with E-state index in [1.807, 2.05) is 38.2 Å². The predicted molar refractivity (Wildman–Crippen MR) is 100 cm³/mol. The first-order chi connectivity index (χ1) is 11.4. The molecule has 5 heteroatoms. The Kier molecular flexibility index (Phi) is 5.93. The largest absolute Gasteiger partial charge is 0.335 e. The molecule has 2 rings (SSSR count). The molecule has 2 amide bonds. The van der Waals surface area contributed by atoms with Crippen molar-refractivity contribution in [3.05, 3.63) is 57.8 Å². The lowest BCUT2D eigenvalue weighted by Gasteiger charge is -2.22. The van der Waals surface area contributed by atoms with Gasteiger partial charge in [-0.2, -0.15) is 0 Å². The minimum atomic E-state index is -0.104. The van der Waals surface area contributed by atoms with Crippen molar-refractivity contribution in [2.24, 2.45) is 0 Å². The van der Waals surface area contributed by atoms with Crippen LogP contribution in [0.3, 0.4) is 0 Å². The van der Waals surface area contributed by atoms with Crippen molar-refractivity contribution in [2.45, 2.75) is 26.8 Å². The van der Waals surface area contributed by atoms with Gasteiger partial charge in [0.05, 0.1) is 6.04 Å². The van der Waals surface area contributed by atoms with Crippen molar-refractivity contribution < 1.29 is 9.59 Å². The fourth-order valence-electron chi connectivity index (χ4n) is 2.23. The number of thiophene rings is 1. The fraction of sp³-hybridized carbons (Fsp3) is 0.263. The van der Waals surface area contributed by atoms with Crippen LogP contribution < -0.4 is 5.32 Å². The molecule has 0 spiro atoms. The average molecular weight is 342 g/mol. The van der Waals surface area contributed by atoms with E-state index in [0.29, 0.717) is 0 Å². The van der Waals surface area contributed by atoms with Crippen molar-refractivity contribution in [1.29, 1.82) is 0 Å². The van der Waals surface area contributed by atoms with Crippen molar-refractivity contribution in [1.82, 2.24) is 4.90 Å². The zero-order valence-corrected chi connectivity index (χ0v) is 15.2. The van der Waals surface area contributed by atoms with Gasteiger partial charge >= 0.3 is 0 Å². The van der Waals surface area contributed by atoms with Crippen LogP contribution >= 0.6 is 11.3 Å². The minimum Gasteiger partial charge on any atom is -0.335 e. The van der Waals surface area contributed by atoms with Crippen LogP contribution in [0.5, 0.6) is 0 Å². The number of benzene rings is 1. The average Bonchev–Trinajstić information content (AvgIpc) is 2.98. The molecule has 4 nitrogen and oxygen atoms in total. The molecule has 1 aromatic carbocycles. The maximum Gasteiger partial charge on any atom is 0.246 e. The van der Waals surface area contributed by atoms with Crippen LogP contribution in [0.4, 0.5) is 5.69 Å². The van der Waals surface area contributed by atoms with Crippen LogP contribution in [0.1, 0.15) is 35.2 Å². The molecule has 24 heavy (non-hydrogen) atoms. The van der Waals surface area contributed by atoms with Gasteiger partial charge in [-0.15, -0.1) is 11.3 Å². The Bertz CT molecular complexity index is 747. The monoisotopic (exact) mass is 342 g/mol. The summed E-state index contributed by atoms with van der Waals surface area (Å²) < 4.78 is 0. The molecule has 1 N–H and O–H groups in total. The fourth-order valence-corrected chi connectivity index (χ4v) is 3.20. The molecule has 1 heterocycles. The van der Waals surface area contributed by atoms with Crippen molar-refractivity contribution in [3.63, 3.8) is 0 Å².